The average molecular weight is 425 g/mol. The van der Waals surface area contributed by atoms with Crippen molar-refractivity contribution in [2.75, 3.05) is 18.1 Å². The van der Waals surface area contributed by atoms with E-state index < -0.39 is 5.97 Å². The number of rotatable bonds is 6. The summed E-state index contributed by atoms with van der Waals surface area (Å²) in [5.74, 6) is -0.618. The van der Waals surface area contributed by atoms with Crippen molar-refractivity contribution in [2.45, 2.75) is 0 Å². The van der Waals surface area contributed by atoms with Crippen molar-refractivity contribution in [1.29, 1.82) is 0 Å². The summed E-state index contributed by atoms with van der Waals surface area (Å²) in [6.45, 7) is 0.313. The Kier molecular flexibility index (Phi) is 6.33. The lowest BCUT2D eigenvalue weighted by molar-refractivity contribution is 0.0510. The normalized spacial score (nSPS) is 10.3. The highest BCUT2D eigenvalue weighted by Crippen LogP contribution is 2.18. The van der Waals surface area contributed by atoms with Gasteiger partial charge in [0.25, 0.3) is 5.91 Å². The molecule has 3 aromatic rings. The van der Waals surface area contributed by atoms with E-state index in [1.54, 1.807) is 47.6 Å². The first kappa shape index (κ1) is 18.8. The second-order valence-electron chi connectivity index (χ2n) is 5.64. The number of esters is 1. The summed E-state index contributed by atoms with van der Waals surface area (Å²) in [7, 11) is 0. The standard InChI is InChI=1S/C21H17BrN2O3/c22-19-9-5-4-8-18(19)21(26)27-15-14-24(17-6-2-1-3-7-17)20(25)16-10-12-23-13-11-16/h1-13H,14-15H2. The third-order valence-corrected chi connectivity index (χ3v) is 4.57. The lowest BCUT2D eigenvalue weighted by Crippen LogP contribution is -2.34. The molecule has 0 aliphatic rings. The number of halogens is 1. The number of hydrogen-bond acceptors (Lipinski definition) is 4. The van der Waals surface area contributed by atoms with E-state index >= 15 is 0 Å². The fraction of sp³-hybridized carbons (Fsp3) is 0.0952. The monoisotopic (exact) mass is 424 g/mol. The molecule has 0 atom stereocenters. The molecule has 1 aromatic heterocycles. The Bertz CT molecular complexity index is 917. The Labute approximate surface area is 165 Å². The molecular formula is C21H17BrN2O3. The number of aromatic nitrogens is 1. The van der Waals surface area contributed by atoms with Crippen molar-refractivity contribution in [3.8, 4) is 0 Å². The van der Waals surface area contributed by atoms with Crippen LogP contribution >= 0.6 is 15.9 Å². The molecule has 0 radical (unpaired) electrons. The number of nitrogens with zero attached hydrogens (tertiary/aromatic N) is 2. The van der Waals surface area contributed by atoms with E-state index in [2.05, 4.69) is 20.9 Å². The molecule has 0 aliphatic carbocycles. The van der Waals surface area contributed by atoms with E-state index in [9.17, 15) is 9.59 Å². The summed E-state index contributed by atoms with van der Waals surface area (Å²) in [5, 5.41) is 0. The number of amides is 1. The quantitative estimate of drug-likeness (QED) is 0.551. The molecule has 0 bridgehead atoms. The van der Waals surface area contributed by atoms with Gasteiger partial charge < -0.3 is 9.64 Å². The summed E-state index contributed by atoms with van der Waals surface area (Å²) in [6.07, 6.45) is 3.15. The number of pyridine rings is 1. The van der Waals surface area contributed by atoms with Gasteiger partial charge in [-0.15, -0.1) is 0 Å². The number of anilines is 1. The Hall–Kier alpha value is -2.99. The van der Waals surface area contributed by atoms with Gasteiger partial charge in [0.2, 0.25) is 0 Å². The molecule has 0 spiro atoms. The van der Waals surface area contributed by atoms with Crippen molar-refractivity contribution < 1.29 is 14.3 Å². The molecule has 6 heteroatoms. The summed E-state index contributed by atoms with van der Waals surface area (Å²) >= 11 is 3.34. The largest absolute Gasteiger partial charge is 0.460 e. The second-order valence-corrected chi connectivity index (χ2v) is 6.50. The maximum Gasteiger partial charge on any atom is 0.339 e. The van der Waals surface area contributed by atoms with Crippen LogP contribution in [0.3, 0.4) is 0 Å². The predicted molar refractivity (Wildman–Crippen MR) is 107 cm³/mol. The van der Waals surface area contributed by atoms with Crippen LogP contribution in [0, 0.1) is 0 Å². The van der Waals surface area contributed by atoms with Crippen molar-refractivity contribution >= 4 is 33.5 Å². The molecule has 0 N–H and O–H groups in total. The van der Waals surface area contributed by atoms with Crippen molar-refractivity contribution in [1.82, 2.24) is 4.98 Å². The van der Waals surface area contributed by atoms with E-state index in [1.165, 1.54) is 0 Å². The van der Waals surface area contributed by atoms with Crippen LogP contribution in [-0.2, 0) is 4.74 Å². The van der Waals surface area contributed by atoms with E-state index in [4.69, 9.17) is 4.74 Å². The smallest absolute Gasteiger partial charge is 0.339 e. The second kappa shape index (κ2) is 9.09. The van der Waals surface area contributed by atoms with Gasteiger partial charge >= 0.3 is 5.97 Å². The minimum Gasteiger partial charge on any atom is -0.460 e. The van der Waals surface area contributed by atoms with Gasteiger partial charge in [-0.25, -0.2) is 4.79 Å². The van der Waals surface area contributed by atoms with Gasteiger partial charge in [0, 0.05) is 28.1 Å². The Morgan fingerprint density at radius 2 is 1.59 bits per heavy atom. The summed E-state index contributed by atoms with van der Waals surface area (Å²) < 4.78 is 6.04. The molecule has 1 amide bonds. The van der Waals surface area contributed by atoms with Crippen LogP contribution in [-0.4, -0.2) is 30.0 Å². The van der Waals surface area contributed by atoms with E-state index in [1.807, 2.05) is 36.4 Å². The lowest BCUT2D eigenvalue weighted by atomic mass is 10.2. The predicted octanol–water partition coefficient (Wildman–Crippen LogP) is 4.35. The highest BCUT2D eigenvalue weighted by Gasteiger charge is 2.18. The summed E-state index contributed by atoms with van der Waals surface area (Å²) in [5.41, 5.74) is 1.70. The zero-order chi connectivity index (χ0) is 19.1. The number of para-hydroxylation sites is 1. The molecule has 5 nitrogen and oxygen atoms in total. The van der Waals surface area contributed by atoms with Crippen LogP contribution in [0.5, 0.6) is 0 Å². The Balaban J connectivity index is 1.72. The van der Waals surface area contributed by atoms with Crippen LogP contribution in [0.2, 0.25) is 0 Å². The number of ether oxygens (including phenoxy) is 1. The third-order valence-electron chi connectivity index (χ3n) is 3.88. The van der Waals surface area contributed by atoms with Crippen molar-refractivity contribution in [3.63, 3.8) is 0 Å². The molecule has 27 heavy (non-hydrogen) atoms. The van der Waals surface area contributed by atoms with Gasteiger partial charge in [-0.3, -0.25) is 9.78 Å². The molecule has 2 aromatic carbocycles. The molecule has 0 unspecified atom stereocenters. The first-order valence-corrected chi connectivity index (χ1v) is 9.14. The summed E-state index contributed by atoms with van der Waals surface area (Å²) in [4.78, 5) is 30.7. The lowest BCUT2D eigenvalue weighted by Gasteiger charge is -2.23. The first-order valence-electron chi connectivity index (χ1n) is 8.35. The molecule has 0 saturated heterocycles. The molecule has 3 rings (SSSR count). The van der Waals surface area contributed by atoms with Gasteiger partial charge in [-0.1, -0.05) is 30.3 Å². The minimum absolute atomic E-state index is 0.0753. The van der Waals surface area contributed by atoms with Gasteiger partial charge in [0.15, 0.2) is 0 Å². The van der Waals surface area contributed by atoms with Gasteiger partial charge in [-0.2, -0.15) is 0 Å². The van der Waals surface area contributed by atoms with Gasteiger partial charge in [0.05, 0.1) is 12.1 Å². The van der Waals surface area contributed by atoms with Crippen LogP contribution in [0.1, 0.15) is 20.7 Å². The van der Waals surface area contributed by atoms with Crippen molar-refractivity contribution in [3.05, 3.63) is 94.7 Å². The Morgan fingerprint density at radius 3 is 2.30 bits per heavy atom. The van der Waals surface area contributed by atoms with Crippen LogP contribution in [0.25, 0.3) is 0 Å². The number of benzene rings is 2. The van der Waals surface area contributed by atoms with Gasteiger partial charge in [-0.05, 0) is 52.3 Å². The van der Waals surface area contributed by atoms with E-state index in [0.29, 0.717) is 15.6 Å². The fourth-order valence-electron chi connectivity index (χ4n) is 2.54. The van der Waals surface area contributed by atoms with E-state index in [0.717, 1.165) is 5.69 Å². The maximum atomic E-state index is 12.9. The van der Waals surface area contributed by atoms with Crippen LogP contribution in [0.4, 0.5) is 5.69 Å². The highest BCUT2D eigenvalue weighted by atomic mass is 79.9. The highest BCUT2D eigenvalue weighted by molar-refractivity contribution is 9.10. The molecule has 0 saturated carbocycles. The fourth-order valence-corrected chi connectivity index (χ4v) is 2.99. The average Bonchev–Trinajstić information content (AvgIpc) is 2.72. The molecule has 1 heterocycles. The van der Waals surface area contributed by atoms with Crippen molar-refractivity contribution in [2.24, 2.45) is 0 Å². The number of carbonyl (C=O) groups is 2. The number of hydrogen-bond donors (Lipinski definition) is 0. The molecular weight excluding hydrogens is 408 g/mol. The summed E-state index contributed by atoms with van der Waals surface area (Å²) in [6, 6.07) is 19.6. The molecule has 0 aliphatic heterocycles. The third kappa shape index (κ3) is 4.80. The molecule has 136 valence electrons. The minimum atomic E-state index is -0.438. The van der Waals surface area contributed by atoms with Crippen LogP contribution < -0.4 is 4.90 Å². The first-order chi connectivity index (χ1) is 13.2. The van der Waals surface area contributed by atoms with E-state index in [-0.39, 0.29) is 19.1 Å². The number of carbonyl (C=O) groups excluding carboxylic acids is 2. The zero-order valence-electron chi connectivity index (χ0n) is 14.4. The SMILES string of the molecule is O=C(OCCN(C(=O)c1ccncc1)c1ccccc1)c1ccccc1Br. The topological polar surface area (TPSA) is 59.5 Å². The zero-order valence-corrected chi connectivity index (χ0v) is 16.0. The van der Waals surface area contributed by atoms with Gasteiger partial charge in [0.1, 0.15) is 6.61 Å². The molecule has 0 fully saturated rings. The maximum absolute atomic E-state index is 12.9. The van der Waals surface area contributed by atoms with Crippen LogP contribution in [0.15, 0.2) is 83.6 Å². The Morgan fingerprint density at radius 1 is 0.926 bits per heavy atom.